The van der Waals surface area contributed by atoms with Crippen LogP contribution in [0.15, 0.2) is 0 Å². The Balaban J connectivity index is 1.86. The van der Waals surface area contributed by atoms with Gasteiger partial charge in [-0.05, 0) is 58.3 Å². The van der Waals surface area contributed by atoms with Crippen LogP contribution in [0.3, 0.4) is 0 Å². The van der Waals surface area contributed by atoms with E-state index in [9.17, 15) is 0 Å². The minimum absolute atomic E-state index is 0.723. The number of nitrogens with zero attached hydrogens (tertiary/aromatic N) is 2. The van der Waals surface area contributed by atoms with Crippen molar-refractivity contribution in [1.82, 2.24) is 15.1 Å². The first kappa shape index (κ1) is 13.3. The highest BCUT2D eigenvalue weighted by molar-refractivity contribution is 4.86. The van der Waals surface area contributed by atoms with E-state index in [0.29, 0.717) is 0 Å². The first-order valence-corrected chi connectivity index (χ1v) is 7.26. The molecule has 0 saturated carbocycles. The predicted molar refractivity (Wildman–Crippen MR) is 73.3 cm³/mol. The zero-order valence-corrected chi connectivity index (χ0v) is 11.8. The molecule has 100 valence electrons. The standard InChI is InChI=1S/C14H29N3/c1-12-5-4-8-17(10-12)11-13-6-7-15-9-14(13)16(2)3/h12-15H,4-11H2,1-3H3. The van der Waals surface area contributed by atoms with Crippen LogP contribution in [0, 0.1) is 11.8 Å². The van der Waals surface area contributed by atoms with Crippen molar-refractivity contribution in [2.75, 3.05) is 46.8 Å². The van der Waals surface area contributed by atoms with Crippen LogP contribution in [0.5, 0.6) is 0 Å². The summed E-state index contributed by atoms with van der Waals surface area (Å²) in [6.07, 6.45) is 4.17. The SMILES string of the molecule is CC1CCCN(CC2CCNCC2N(C)C)C1. The molecular weight excluding hydrogens is 210 g/mol. The first-order valence-electron chi connectivity index (χ1n) is 7.26. The second-order valence-corrected chi connectivity index (χ2v) is 6.29. The lowest BCUT2D eigenvalue weighted by molar-refractivity contribution is 0.0972. The number of piperidine rings is 2. The summed E-state index contributed by atoms with van der Waals surface area (Å²) < 4.78 is 0. The van der Waals surface area contributed by atoms with Crippen LogP contribution in [0.25, 0.3) is 0 Å². The Kier molecular flexibility index (Phi) is 4.83. The van der Waals surface area contributed by atoms with Crippen molar-refractivity contribution in [2.24, 2.45) is 11.8 Å². The molecule has 2 fully saturated rings. The Bertz CT molecular complexity index is 230. The monoisotopic (exact) mass is 239 g/mol. The van der Waals surface area contributed by atoms with E-state index in [1.165, 1.54) is 52.0 Å². The van der Waals surface area contributed by atoms with Crippen molar-refractivity contribution in [3.8, 4) is 0 Å². The van der Waals surface area contributed by atoms with Crippen molar-refractivity contribution in [3.05, 3.63) is 0 Å². The average Bonchev–Trinajstić information content (AvgIpc) is 2.29. The van der Waals surface area contributed by atoms with Gasteiger partial charge in [0, 0.05) is 25.7 Å². The normalized spacial score (nSPS) is 36.4. The summed E-state index contributed by atoms with van der Waals surface area (Å²) in [5.41, 5.74) is 0. The third kappa shape index (κ3) is 3.67. The molecule has 1 N–H and O–H groups in total. The van der Waals surface area contributed by atoms with E-state index >= 15 is 0 Å². The lowest BCUT2D eigenvalue weighted by atomic mass is 9.90. The maximum absolute atomic E-state index is 3.53. The lowest BCUT2D eigenvalue weighted by Gasteiger charge is -2.41. The largest absolute Gasteiger partial charge is 0.315 e. The molecule has 0 aromatic carbocycles. The summed E-state index contributed by atoms with van der Waals surface area (Å²) in [5.74, 6) is 1.76. The topological polar surface area (TPSA) is 18.5 Å². The fourth-order valence-corrected chi connectivity index (χ4v) is 3.50. The van der Waals surface area contributed by atoms with Crippen molar-refractivity contribution in [2.45, 2.75) is 32.2 Å². The zero-order valence-electron chi connectivity index (χ0n) is 11.8. The third-order valence-corrected chi connectivity index (χ3v) is 4.49. The van der Waals surface area contributed by atoms with Gasteiger partial charge in [0.05, 0.1) is 0 Å². The maximum Gasteiger partial charge on any atom is 0.0255 e. The van der Waals surface area contributed by atoms with Crippen LogP contribution >= 0.6 is 0 Å². The molecule has 3 unspecified atom stereocenters. The molecule has 2 rings (SSSR count). The zero-order chi connectivity index (χ0) is 12.3. The predicted octanol–water partition coefficient (Wildman–Crippen LogP) is 1.26. The minimum Gasteiger partial charge on any atom is -0.315 e. The lowest BCUT2D eigenvalue weighted by Crippen LogP contribution is -2.52. The molecule has 0 radical (unpaired) electrons. The number of rotatable bonds is 3. The van der Waals surface area contributed by atoms with Crippen LogP contribution < -0.4 is 5.32 Å². The Labute approximate surface area is 107 Å². The van der Waals surface area contributed by atoms with Gasteiger partial charge in [-0.3, -0.25) is 0 Å². The Morgan fingerprint density at radius 3 is 2.82 bits per heavy atom. The number of hydrogen-bond donors (Lipinski definition) is 1. The van der Waals surface area contributed by atoms with Gasteiger partial charge in [-0.25, -0.2) is 0 Å². The fourth-order valence-electron chi connectivity index (χ4n) is 3.50. The van der Waals surface area contributed by atoms with Gasteiger partial charge < -0.3 is 15.1 Å². The third-order valence-electron chi connectivity index (χ3n) is 4.49. The van der Waals surface area contributed by atoms with E-state index in [1.807, 2.05) is 0 Å². The fraction of sp³-hybridized carbons (Fsp3) is 1.00. The second kappa shape index (κ2) is 6.17. The van der Waals surface area contributed by atoms with Crippen LogP contribution in [0.4, 0.5) is 0 Å². The summed E-state index contributed by atoms with van der Waals surface area (Å²) in [6.45, 7) is 8.74. The summed E-state index contributed by atoms with van der Waals surface area (Å²) in [5, 5.41) is 3.53. The number of nitrogens with one attached hydrogen (secondary N) is 1. The summed E-state index contributed by atoms with van der Waals surface area (Å²) >= 11 is 0. The van der Waals surface area contributed by atoms with Gasteiger partial charge in [-0.15, -0.1) is 0 Å². The van der Waals surface area contributed by atoms with Crippen molar-refractivity contribution in [1.29, 1.82) is 0 Å². The highest BCUT2D eigenvalue weighted by atomic mass is 15.2. The molecule has 2 saturated heterocycles. The van der Waals surface area contributed by atoms with Crippen LogP contribution in [-0.4, -0.2) is 62.7 Å². The van der Waals surface area contributed by atoms with Crippen molar-refractivity contribution >= 4 is 0 Å². The van der Waals surface area contributed by atoms with E-state index in [4.69, 9.17) is 0 Å². The molecule has 0 aromatic rings. The molecule has 0 spiro atoms. The number of likely N-dealkylation sites (N-methyl/N-ethyl adjacent to an activating group) is 1. The van der Waals surface area contributed by atoms with E-state index < -0.39 is 0 Å². The van der Waals surface area contributed by atoms with Crippen LogP contribution in [0.1, 0.15) is 26.2 Å². The molecule has 0 amide bonds. The average molecular weight is 239 g/mol. The molecular formula is C14H29N3. The number of likely N-dealkylation sites (tertiary alicyclic amines) is 1. The van der Waals surface area contributed by atoms with Gasteiger partial charge in [-0.1, -0.05) is 6.92 Å². The maximum atomic E-state index is 3.53. The highest BCUT2D eigenvalue weighted by Gasteiger charge is 2.29. The minimum atomic E-state index is 0.723. The van der Waals surface area contributed by atoms with E-state index in [1.54, 1.807) is 0 Å². The molecule has 0 aromatic heterocycles. The summed E-state index contributed by atoms with van der Waals surface area (Å²) in [6, 6.07) is 0.723. The van der Waals surface area contributed by atoms with Gasteiger partial charge in [-0.2, -0.15) is 0 Å². The summed E-state index contributed by atoms with van der Waals surface area (Å²) in [4.78, 5) is 5.12. The molecule has 3 atom stereocenters. The Morgan fingerprint density at radius 1 is 1.29 bits per heavy atom. The molecule has 3 nitrogen and oxygen atoms in total. The van der Waals surface area contributed by atoms with Crippen molar-refractivity contribution in [3.63, 3.8) is 0 Å². The van der Waals surface area contributed by atoms with E-state index in [2.05, 4.69) is 36.1 Å². The second-order valence-electron chi connectivity index (χ2n) is 6.29. The quantitative estimate of drug-likeness (QED) is 0.800. The van der Waals surface area contributed by atoms with Crippen molar-refractivity contribution < 1.29 is 0 Å². The van der Waals surface area contributed by atoms with Crippen LogP contribution in [0.2, 0.25) is 0 Å². The summed E-state index contributed by atoms with van der Waals surface area (Å²) in [7, 11) is 4.45. The van der Waals surface area contributed by atoms with Gasteiger partial charge in [0.15, 0.2) is 0 Å². The van der Waals surface area contributed by atoms with Gasteiger partial charge >= 0.3 is 0 Å². The molecule has 17 heavy (non-hydrogen) atoms. The first-order chi connectivity index (χ1) is 8.16. The molecule has 0 bridgehead atoms. The number of hydrogen-bond acceptors (Lipinski definition) is 3. The highest BCUT2D eigenvalue weighted by Crippen LogP contribution is 2.22. The van der Waals surface area contributed by atoms with Gasteiger partial charge in [0.1, 0.15) is 0 Å². The molecule has 2 aliphatic heterocycles. The van der Waals surface area contributed by atoms with Crippen LogP contribution in [-0.2, 0) is 0 Å². The smallest absolute Gasteiger partial charge is 0.0255 e. The van der Waals surface area contributed by atoms with E-state index in [0.717, 1.165) is 17.9 Å². The Hall–Kier alpha value is -0.120. The molecule has 3 heteroatoms. The Morgan fingerprint density at radius 2 is 2.12 bits per heavy atom. The molecule has 2 aliphatic rings. The van der Waals surface area contributed by atoms with E-state index in [-0.39, 0.29) is 0 Å². The van der Waals surface area contributed by atoms with Gasteiger partial charge in [0.25, 0.3) is 0 Å². The molecule has 0 aliphatic carbocycles. The van der Waals surface area contributed by atoms with Gasteiger partial charge in [0.2, 0.25) is 0 Å². The molecule has 2 heterocycles.